The summed E-state index contributed by atoms with van der Waals surface area (Å²) in [6.45, 7) is 0.417. The summed E-state index contributed by atoms with van der Waals surface area (Å²) in [5, 5.41) is 8.86. The van der Waals surface area contributed by atoms with Gasteiger partial charge < -0.3 is 10.0 Å². The highest BCUT2D eigenvalue weighted by Crippen LogP contribution is 2.18. The number of nitrogens with one attached hydrogen (secondary N) is 1. The number of rotatable bonds is 6. The molecule has 0 spiro atoms. The van der Waals surface area contributed by atoms with Crippen LogP contribution in [0.25, 0.3) is 0 Å². The Morgan fingerprint density at radius 3 is 2.30 bits per heavy atom. The summed E-state index contributed by atoms with van der Waals surface area (Å²) in [7, 11) is -0.425. The van der Waals surface area contributed by atoms with E-state index in [-0.39, 0.29) is 32.0 Å². The second-order valence-corrected chi connectivity index (χ2v) is 6.70. The predicted molar refractivity (Wildman–Crippen MR) is 72.2 cm³/mol. The number of carbonyl (C=O) groups is 2. The minimum Gasteiger partial charge on any atom is -0.481 e. The Kier molecular flexibility index (Phi) is 5.90. The summed E-state index contributed by atoms with van der Waals surface area (Å²) in [4.78, 5) is 23.5. The maximum atomic E-state index is 12.0. The molecule has 1 rings (SSSR count). The number of piperidine rings is 1. The topological polar surface area (TPSA) is 107 Å². The van der Waals surface area contributed by atoms with Gasteiger partial charge in [-0.25, -0.2) is 4.72 Å². The van der Waals surface area contributed by atoms with Crippen LogP contribution in [-0.2, 0) is 19.8 Å². The smallest absolute Gasteiger partial charge is 0.306 e. The zero-order valence-electron chi connectivity index (χ0n) is 11.7. The van der Waals surface area contributed by atoms with E-state index in [9.17, 15) is 18.0 Å². The third-order valence-corrected chi connectivity index (χ3v) is 4.88. The molecule has 0 aromatic carbocycles. The van der Waals surface area contributed by atoms with Crippen LogP contribution in [0.1, 0.15) is 19.3 Å². The lowest BCUT2D eigenvalue weighted by Gasteiger charge is -2.29. The fourth-order valence-electron chi connectivity index (χ4n) is 1.94. The van der Waals surface area contributed by atoms with Crippen LogP contribution in [0.3, 0.4) is 0 Å². The lowest BCUT2D eigenvalue weighted by atomic mass is 9.99. The van der Waals surface area contributed by atoms with Gasteiger partial charge in [0.05, 0.1) is 5.92 Å². The molecule has 116 valence electrons. The highest BCUT2D eigenvalue weighted by atomic mass is 32.2. The fraction of sp³-hybridized carbons (Fsp3) is 0.818. The van der Waals surface area contributed by atoms with Gasteiger partial charge in [0.2, 0.25) is 5.91 Å². The van der Waals surface area contributed by atoms with E-state index in [4.69, 9.17) is 5.11 Å². The molecule has 9 heteroatoms. The van der Waals surface area contributed by atoms with Crippen LogP contribution in [0.2, 0.25) is 0 Å². The standard InChI is InChI=1S/C11H21N3O5S/c1-13(2)10(15)3-6-12-20(18,19)14-7-4-9(5-8-14)11(16)17/h9,12H,3-8H2,1-2H3,(H,16,17). The number of hydrogen-bond donors (Lipinski definition) is 2. The molecule has 0 unspecified atom stereocenters. The zero-order chi connectivity index (χ0) is 15.3. The van der Waals surface area contributed by atoms with E-state index in [0.717, 1.165) is 0 Å². The normalized spacial score (nSPS) is 17.9. The number of carbonyl (C=O) groups excluding carboxylic acids is 1. The minimum atomic E-state index is -3.63. The van der Waals surface area contributed by atoms with Crippen molar-refractivity contribution in [3.8, 4) is 0 Å². The monoisotopic (exact) mass is 307 g/mol. The average molecular weight is 307 g/mol. The molecule has 1 aliphatic rings. The number of nitrogens with zero attached hydrogens (tertiary/aromatic N) is 2. The van der Waals surface area contributed by atoms with Crippen LogP contribution >= 0.6 is 0 Å². The van der Waals surface area contributed by atoms with Crippen molar-refractivity contribution in [3.63, 3.8) is 0 Å². The Bertz CT molecular complexity index is 455. The van der Waals surface area contributed by atoms with Gasteiger partial charge >= 0.3 is 5.97 Å². The third kappa shape index (κ3) is 4.73. The quantitative estimate of drug-likeness (QED) is 0.661. The molecule has 2 N–H and O–H groups in total. The van der Waals surface area contributed by atoms with E-state index in [1.165, 1.54) is 9.21 Å². The maximum absolute atomic E-state index is 12.0. The lowest BCUT2D eigenvalue weighted by molar-refractivity contribution is -0.143. The summed E-state index contributed by atoms with van der Waals surface area (Å²) >= 11 is 0. The Labute approximate surface area is 118 Å². The van der Waals surface area contributed by atoms with Gasteiger partial charge in [0.25, 0.3) is 10.2 Å². The van der Waals surface area contributed by atoms with Crippen molar-refractivity contribution < 1.29 is 23.1 Å². The first kappa shape index (κ1) is 16.9. The molecule has 0 aliphatic carbocycles. The first-order valence-corrected chi connectivity index (χ1v) is 7.85. The van der Waals surface area contributed by atoms with Crippen LogP contribution < -0.4 is 4.72 Å². The summed E-state index contributed by atoms with van der Waals surface area (Å²) in [5.41, 5.74) is 0. The zero-order valence-corrected chi connectivity index (χ0v) is 12.5. The van der Waals surface area contributed by atoms with Crippen molar-refractivity contribution >= 4 is 22.1 Å². The lowest BCUT2D eigenvalue weighted by Crippen LogP contribution is -2.46. The van der Waals surface area contributed by atoms with E-state index >= 15 is 0 Å². The summed E-state index contributed by atoms with van der Waals surface area (Å²) in [6, 6.07) is 0. The summed E-state index contributed by atoms with van der Waals surface area (Å²) in [6.07, 6.45) is 0.720. The fourth-order valence-corrected chi connectivity index (χ4v) is 3.18. The van der Waals surface area contributed by atoms with Gasteiger partial charge in [0.1, 0.15) is 0 Å². The highest BCUT2D eigenvalue weighted by Gasteiger charge is 2.30. The van der Waals surface area contributed by atoms with E-state index in [1.807, 2.05) is 0 Å². The van der Waals surface area contributed by atoms with Crippen LogP contribution in [0.5, 0.6) is 0 Å². The molecule has 8 nitrogen and oxygen atoms in total. The molecule has 1 saturated heterocycles. The number of carboxylic acids is 1. The van der Waals surface area contributed by atoms with E-state index in [2.05, 4.69) is 4.72 Å². The van der Waals surface area contributed by atoms with Crippen molar-refractivity contribution in [2.75, 3.05) is 33.7 Å². The van der Waals surface area contributed by atoms with Gasteiger partial charge in [0, 0.05) is 40.2 Å². The van der Waals surface area contributed by atoms with Crippen molar-refractivity contribution in [2.45, 2.75) is 19.3 Å². The van der Waals surface area contributed by atoms with Crippen LogP contribution in [0.4, 0.5) is 0 Å². The van der Waals surface area contributed by atoms with Gasteiger partial charge in [-0.1, -0.05) is 0 Å². The van der Waals surface area contributed by atoms with E-state index in [1.54, 1.807) is 14.1 Å². The van der Waals surface area contributed by atoms with Gasteiger partial charge in [-0.15, -0.1) is 0 Å². The predicted octanol–water partition coefficient (Wildman–Crippen LogP) is -0.904. The van der Waals surface area contributed by atoms with Crippen LogP contribution in [-0.4, -0.2) is 68.3 Å². The molecule has 20 heavy (non-hydrogen) atoms. The summed E-state index contributed by atoms with van der Waals surface area (Å²) < 4.78 is 27.5. The Balaban J connectivity index is 2.42. The first-order valence-electron chi connectivity index (χ1n) is 6.41. The molecule has 1 heterocycles. The van der Waals surface area contributed by atoms with E-state index < -0.39 is 22.1 Å². The van der Waals surface area contributed by atoms with Gasteiger partial charge in [-0.3, -0.25) is 9.59 Å². The first-order chi connectivity index (χ1) is 9.24. The Morgan fingerprint density at radius 1 is 1.30 bits per heavy atom. The Hall–Kier alpha value is -1.19. The highest BCUT2D eigenvalue weighted by molar-refractivity contribution is 7.87. The second-order valence-electron chi connectivity index (χ2n) is 4.95. The van der Waals surface area contributed by atoms with Crippen molar-refractivity contribution in [3.05, 3.63) is 0 Å². The third-order valence-electron chi connectivity index (χ3n) is 3.27. The largest absolute Gasteiger partial charge is 0.481 e. The van der Waals surface area contributed by atoms with Crippen LogP contribution in [0, 0.1) is 5.92 Å². The molecular weight excluding hydrogens is 286 g/mol. The van der Waals surface area contributed by atoms with Crippen molar-refractivity contribution in [1.29, 1.82) is 0 Å². The second kappa shape index (κ2) is 7.00. The molecule has 0 aromatic rings. The average Bonchev–Trinajstić information content (AvgIpc) is 2.38. The summed E-state index contributed by atoms with van der Waals surface area (Å²) in [5.74, 6) is -1.51. The molecule has 0 aromatic heterocycles. The molecule has 0 saturated carbocycles. The molecule has 1 amide bonds. The number of carboxylic acid groups (broad SMARTS) is 1. The van der Waals surface area contributed by atoms with Crippen LogP contribution in [0.15, 0.2) is 0 Å². The molecular formula is C11H21N3O5S. The number of hydrogen-bond acceptors (Lipinski definition) is 4. The van der Waals surface area contributed by atoms with Gasteiger partial charge in [-0.05, 0) is 12.8 Å². The van der Waals surface area contributed by atoms with Gasteiger partial charge in [0.15, 0.2) is 0 Å². The van der Waals surface area contributed by atoms with Crippen molar-refractivity contribution in [1.82, 2.24) is 13.9 Å². The SMILES string of the molecule is CN(C)C(=O)CCNS(=O)(=O)N1CCC(C(=O)O)CC1. The number of aliphatic carboxylic acids is 1. The van der Waals surface area contributed by atoms with Gasteiger partial charge in [-0.2, -0.15) is 12.7 Å². The molecule has 1 aliphatic heterocycles. The molecule has 0 atom stereocenters. The van der Waals surface area contributed by atoms with Crippen molar-refractivity contribution in [2.24, 2.45) is 5.92 Å². The Morgan fingerprint density at radius 2 is 1.85 bits per heavy atom. The van der Waals surface area contributed by atoms with E-state index in [0.29, 0.717) is 12.8 Å². The molecule has 1 fully saturated rings. The minimum absolute atomic E-state index is 0.0399. The number of amides is 1. The maximum Gasteiger partial charge on any atom is 0.306 e. The molecule has 0 bridgehead atoms. The molecule has 0 radical (unpaired) electrons.